The van der Waals surface area contributed by atoms with Gasteiger partial charge in [-0.15, -0.1) is 11.6 Å². The van der Waals surface area contributed by atoms with Gasteiger partial charge in [0, 0.05) is 12.7 Å². The number of sulfone groups is 1. The minimum absolute atomic E-state index is 0.0928. The number of carbonyl (C=O) groups excluding carboxylic acids is 1. The average Bonchev–Trinajstić information content (AvgIpc) is 2.64. The molecule has 106 valence electrons. The summed E-state index contributed by atoms with van der Waals surface area (Å²) in [5.41, 5.74) is 1.84. The number of alkyl halides is 1. The Morgan fingerprint density at radius 2 is 2.05 bits per heavy atom. The van der Waals surface area contributed by atoms with Crippen LogP contribution in [-0.2, 0) is 16.9 Å². The van der Waals surface area contributed by atoms with Gasteiger partial charge in [0.25, 0.3) is 5.91 Å². The van der Waals surface area contributed by atoms with Gasteiger partial charge in [-0.05, 0) is 13.8 Å². The summed E-state index contributed by atoms with van der Waals surface area (Å²) >= 11 is 5.96. The summed E-state index contributed by atoms with van der Waals surface area (Å²) < 4.78 is 24.5. The molecule has 0 saturated carbocycles. The van der Waals surface area contributed by atoms with Crippen LogP contribution in [0.15, 0.2) is 0 Å². The molecule has 1 aliphatic rings. The van der Waals surface area contributed by atoms with Crippen molar-refractivity contribution in [3.8, 4) is 0 Å². The SMILES string of the molecule is Cc1nn(C)c(C)c1C(=O)NC1CS(=O)(=O)CC1Cl. The molecule has 6 nitrogen and oxygen atoms in total. The Morgan fingerprint density at radius 1 is 1.42 bits per heavy atom. The third kappa shape index (κ3) is 2.76. The maximum absolute atomic E-state index is 12.2. The van der Waals surface area contributed by atoms with Crippen LogP contribution in [0.5, 0.6) is 0 Å². The number of carbonyl (C=O) groups is 1. The number of amides is 1. The lowest BCUT2D eigenvalue weighted by molar-refractivity contribution is 0.0940. The number of aromatic nitrogens is 2. The van der Waals surface area contributed by atoms with Crippen LogP contribution in [0.2, 0.25) is 0 Å². The van der Waals surface area contributed by atoms with E-state index in [2.05, 4.69) is 10.4 Å². The second-order valence-electron chi connectivity index (χ2n) is 4.84. The molecule has 2 rings (SSSR count). The summed E-state index contributed by atoms with van der Waals surface area (Å²) in [7, 11) is -1.40. The summed E-state index contributed by atoms with van der Waals surface area (Å²) in [5, 5.41) is 6.27. The van der Waals surface area contributed by atoms with E-state index in [4.69, 9.17) is 11.6 Å². The minimum Gasteiger partial charge on any atom is -0.347 e. The van der Waals surface area contributed by atoms with E-state index in [1.165, 1.54) is 0 Å². The van der Waals surface area contributed by atoms with Gasteiger partial charge in [-0.2, -0.15) is 5.10 Å². The van der Waals surface area contributed by atoms with Crippen LogP contribution in [-0.4, -0.2) is 47.0 Å². The van der Waals surface area contributed by atoms with Crippen LogP contribution in [0.4, 0.5) is 0 Å². The molecule has 2 unspecified atom stereocenters. The van der Waals surface area contributed by atoms with Crippen molar-refractivity contribution >= 4 is 27.3 Å². The first kappa shape index (κ1) is 14.3. The summed E-state index contributed by atoms with van der Waals surface area (Å²) in [6.07, 6.45) is 0. The standard InChI is InChI=1S/C11H16ClN3O3S/c1-6-10(7(2)15(3)14-6)11(16)13-9-5-19(17,18)4-8(9)12/h8-9H,4-5H2,1-3H3,(H,13,16). The maximum atomic E-state index is 12.2. The average molecular weight is 306 g/mol. The van der Waals surface area contributed by atoms with Crippen LogP contribution < -0.4 is 5.32 Å². The Labute approximate surface area is 117 Å². The van der Waals surface area contributed by atoms with Crippen LogP contribution >= 0.6 is 11.6 Å². The molecule has 8 heteroatoms. The molecule has 0 radical (unpaired) electrons. The van der Waals surface area contributed by atoms with Gasteiger partial charge in [0.1, 0.15) is 0 Å². The van der Waals surface area contributed by atoms with E-state index in [-0.39, 0.29) is 17.4 Å². The second kappa shape index (κ2) is 4.79. The molecule has 1 amide bonds. The number of aryl methyl sites for hydroxylation is 2. The monoisotopic (exact) mass is 305 g/mol. The molecular weight excluding hydrogens is 290 g/mol. The largest absolute Gasteiger partial charge is 0.347 e. The minimum atomic E-state index is -3.16. The lowest BCUT2D eigenvalue weighted by atomic mass is 10.1. The Hall–Kier alpha value is -1.08. The normalized spacial score (nSPS) is 25.5. The molecule has 2 atom stereocenters. The van der Waals surface area contributed by atoms with Gasteiger partial charge in [-0.25, -0.2) is 8.42 Å². The molecule has 19 heavy (non-hydrogen) atoms. The van der Waals surface area contributed by atoms with Gasteiger partial charge in [0.05, 0.1) is 34.2 Å². The predicted molar refractivity (Wildman–Crippen MR) is 72.2 cm³/mol. The fourth-order valence-electron chi connectivity index (χ4n) is 2.28. The molecule has 2 heterocycles. The van der Waals surface area contributed by atoms with E-state index in [0.717, 1.165) is 5.69 Å². The van der Waals surface area contributed by atoms with E-state index in [0.29, 0.717) is 11.3 Å². The first-order valence-electron chi connectivity index (χ1n) is 5.87. The van der Waals surface area contributed by atoms with Crippen LogP contribution in [0.25, 0.3) is 0 Å². The first-order chi connectivity index (χ1) is 8.71. The summed E-state index contributed by atoms with van der Waals surface area (Å²) in [6.45, 7) is 3.53. The van der Waals surface area contributed by atoms with Crippen LogP contribution in [0.3, 0.4) is 0 Å². The molecule has 0 aromatic carbocycles. The molecule has 1 N–H and O–H groups in total. The first-order valence-corrected chi connectivity index (χ1v) is 8.12. The van der Waals surface area contributed by atoms with Crippen molar-refractivity contribution in [2.45, 2.75) is 25.3 Å². The van der Waals surface area contributed by atoms with Gasteiger partial charge >= 0.3 is 0 Å². The molecule has 1 aliphatic heterocycles. The zero-order valence-electron chi connectivity index (χ0n) is 11.0. The van der Waals surface area contributed by atoms with Gasteiger partial charge in [0.15, 0.2) is 9.84 Å². The van der Waals surface area contributed by atoms with E-state index in [1.807, 2.05) is 0 Å². The molecule has 1 aromatic rings. The van der Waals surface area contributed by atoms with Crippen molar-refractivity contribution < 1.29 is 13.2 Å². The van der Waals surface area contributed by atoms with Crippen molar-refractivity contribution in [3.63, 3.8) is 0 Å². The van der Waals surface area contributed by atoms with Crippen molar-refractivity contribution in [1.82, 2.24) is 15.1 Å². The fraction of sp³-hybridized carbons (Fsp3) is 0.636. The quantitative estimate of drug-likeness (QED) is 0.790. The Bertz CT molecular complexity index is 623. The topological polar surface area (TPSA) is 81.1 Å². The molecule has 0 spiro atoms. The maximum Gasteiger partial charge on any atom is 0.255 e. The smallest absolute Gasteiger partial charge is 0.255 e. The van der Waals surface area contributed by atoms with Crippen molar-refractivity contribution in [1.29, 1.82) is 0 Å². The highest BCUT2D eigenvalue weighted by Crippen LogP contribution is 2.19. The van der Waals surface area contributed by atoms with E-state index in [1.54, 1.807) is 25.6 Å². The zero-order chi connectivity index (χ0) is 14.4. The van der Waals surface area contributed by atoms with Crippen molar-refractivity contribution in [3.05, 3.63) is 17.0 Å². The number of rotatable bonds is 2. The third-order valence-corrected chi connectivity index (χ3v) is 5.71. The molecule has 0 bridgehead atoms. The third-order valence-electron chi connectivity index (χ3n) is 3.34. The molecule has 1 saturated heterocycles. The van der Waals surface area contributed by atoms with E-state index in [9.17, 15) is 13.2 Å². The summed E-state index contributed by atoms with van der Waals surface area (Å²) in [5.74, 6) is -0.522. The number of hydrogen-bond acceptors (Lipinski definition) is 4. The van der Waals surface area contributed by atoms with Gasteiger partial charge < -0.3 is 5.32 Å². The van der Waals surface area contributed by atoms with Crippen molar-refractivity contribution in [2.24, 2.45) is 7.05 Å². The number of halogens is 1. The second-order valence-corrected chi connectivity index (χ2v) is 7.56. The number of nitrogens with one attached hydrogen (secondary N) is 1. The highest BCUT2D eigenvalue weighted by Gasteiger charge is 2.37. The van der Waals surface area contributed by atoms with Crippen LogP contribution in [0.1, 0.15) is 21.7 Å². The Morgan fingerprint density at radius 3 is 2.47 bits per heavy atom. The van der Waals surface area contributed by atoms with Crippen molar-refractivity contribution in [2.75, 3.05) is 11.5 Å². The lowest BCUT2D eigenvalue weighted by Crippen LogP contribution is -2.41. The predicted octanol–water partition coefficient (Wildman–Crippen LogP) is 0.171. The van der Waals surface area contributed by atoms with E-state index >= 15 is 0 Å². The van der Waals surface area contributed by atoms with Gasteiger partial charge in [0.2, 0.25) is 0 Å². The van der Waals surface area contributed by atoms with E-state index < -0.39 is 21.3 Å². The number of hydrogen-bond donors (Lipinski definition) is 1. The highest BCUT2D eigenvalue weighted by atomic mass is 35.5. The molecular formula is C11H16ClN3O3S. The van der Waals surface area contributed by atoms with Crippen LogP contribution in [0, 0.1) is 13.8 Å². The van der Waals surface area contributed by atoms with Gasteiger partial charge in [-0.1, -0.05) is 0 Å². The fourth-order valence-corrected chi connectivity index (χ4v) is 4.83. The zero-order valence-corrected chi connectivity index (χ0v) is 12.5. The molecule has 1 aromatic heterocycles. The summed E-state index contributed by atoms with van der Waals surface area (Å²) in [4.78, 5) is 12.2. The lowest BCUT2D eigenvalue weighted by Gasteiger charge is -2.14. The molecule has 1 fully saturated rings. The highest BCUT2D eigenvalue weighted by molar-refractivity contribution is 7.91. The van der Waals surface area contributed by atoms with Gasteiger partial charge in [-0.3, -0.25) is 9.48 Å². The number of nitrogens with zero attached hydrogens (tertiary/aromatic N) is 2. The summed E-state index contributed by atoms with van der Waals surface area (Å²) in [6, 6.07) is -0.543. The Kier molecular flexibility index (Phi) is 3.61. The molecule has 0 aliphatic carbocycles. The Balaban J connectivity index is 2.18.